The van der Waals surface area contributed by atoms with Crippen LogP contribution in [0, 0.1) is 0 Å². The standard InChI is InChI=1S/C27H38F3N7O3/c1-26(2,39)20-17-19(36-12-10-35(3)11-13-36)5-6-22(20)33-25-32-18-21(27(28,29)30)24(34-25)31-8-4-9-37-14-16-40-15-7-23(37)38/h5-6,17-18,39H,4,7-16H2,1-3H3,(H2,31,32,33,34). The molecular weight excluding hydrogens is 527 g/mol. The fourth-order valence-corrected chi connectivity index (χ4v) is 4.75. The molecule has 2 aliphatic rings. The van der Waals surface area contributed by atoms with Gasteiger partial charge in [0.2, 0.25) is 11.9 Å². The number of aliphatic hydroxyl groups is 1. The van der Waals surface area contributed by atoms with Crippen LogP contribution in [0.25, 0.3) is 0 Å². The van der Waals surface area contributed by atoms with Gasteiger partial charge in [0.15, 0.2) is 0 Å². The Hall–Kier alpha value is -3.16. The first kappa shape index (κ1) is 29.8. The summed E-state index contributed by atoms with van der Waals surface area (Å²) in [7, 11) is 2.08. The summed E-state index contributed by atoms with van der Waals surface area (Å²) in [6, 6.07) is 5.60. The Morgan fingerprint density at radius 1 is 1.07 bits per heavy atom. The Balaban J connectivity index is 1.50. The van der Waals surface area contributed by atoms with Crippen molar-refractivity contribution in [3.05, 3.63) is 35.5 Å². The maximum Gasteiger partial charge on any atom is 0.421 e. The van der Waals surface area contributed by atoms with E-state index >= 15 is 0 Å². The second-order valence-corrected chi connectivity index (χ2v) is 10.7. The molecule has 0 atom stereocenters. The van der Waals surface area contributed by atoms with E-state index in [-0.39, 0.29) is 24.2 Å². The molecule has 2 aromatic rings. The van der Waals surface area contributed by atoms with Crippen molar-refractivity contribution < 1.29 is 27.8 Å². The molecule has 0 saturated carbocycles. The maximum absolute atomic E-state index is 13.7. The fraction of sp³-hybridized carbons (Fsp3) is 0.593. The molecule has 13 heteroatoms. The molecule has 0 aliphatic carbocycles. The van der Waals surface area contributed by atoms with Crippen LogP contribution in [0.3, 0.4) is 0 Å². The van der Waals surface area contributed by atoms with Crippen molar-refractivity contribution in [3.63, 3.8) is 0 Å². The first-order valence-corrected chi connectivity index (χ1v) is 13.5. The molecule has 40 heavy (non-hydrogen) atoms. The number of anilines is 4. The average Bonchev–Trinajstić information content (AvgIpc) is 3.10. The van der Waals surface area contributed by atoms with Crippen molar-refractivity contribution in [2.45, 2.75) is 38.5 Å². The molecule has 1 aromatic heterocycles. The highest BCUT2D eigenvalue weighted by atomic mass is 19.4. The minimum absolute atomic E-state index is 0.0248. The van der Waals surface area contributed by atoms with Gasteiger partial charge in [-0.3, -0.25) is 4.79 Å². The Kier molecular flexibility index (Phi) is 9.37. The number of hydrogen-bond donors (Lipinski definition) is 3. The number of halogens is 3. The predicted octanol–water partition coefficient (Wildman–Crippen LogP) is 3.27. The first-order valence-electron chi connectivity index (χ1n) is 13.5. The van der Waals surface area contributed by atoms with Crippen LogP contribution in [-0.4, -0.2) is 96.9 Å². The van der Waals surface area contributed by atoms with E-state index in [0.717, 1.165) is 38.1 Å². The summed E-state index contributed by atoms with van der Waals surface area (Å²) in [4.78, 5) is 26.3. The number of rotatable bonds is 9. The van der Waals surface area contributed by atoms with E-state index in [1.807, 2.05) is 12.1 Å². The topological polar surface area (TPSA) is 106 Å². The molecule has 0 bridgehead atoms. The summed E-state index contributed by atoms with van der Waals surface area (Å²) in [5.41, 5.74) is -0.175. The van der Waals surface area contributed by atoms with Crippen LogP contribution >= 0.6 is 0 Å². The highest BCUT2D eigenvalue weighted by molar-refractivity contribution is 5.76. The molecule has 1 aromatic carbocycles. The molecule has 4 rings (SSSR count). The zero-order chi connectivity index (χ0) is 28.9. The van der Waals surface area contributed by atoms with Gasteiger partial charge in [-0.1, -0.05) is 0 Å². The molecule has 3 N–H and O–H groups in total. The Bertz CT molecular complexity index is 1170. The van der Waals surface area contributed by atoms with Gasteiger partial charge in [-0.25, -0.2) is 4.98 Å². The number of aromatic nitrogens is 2. The van der Waals surface area contributed by atoms with Gasteiger partial charge in [0.05, 0.1) is 25.2 Å². The SMILES string of the molecule is CN1CCN(c2ccc(Nc3ncc(C(F)(F)F)c(NCCCN4CCOCCC4=O)n3)c(C(C)(C)O)c2)CC1. The van der Waals surface area contributed by atoms with Crippen molar-refractivity contribution in [1.82, 2.24) is 19.8 Å². The third-order valence-corrected chi connectivity index (χ3v) is 7.09. The second kappa shape index (κ2) is 12.6. The van der Waals surface area contributed by atoms with Gasteiger partial charge >= 0.3 is 6.18 Å². The van der Waals surface area contributed by atoms with Crippen molar-refractivity contribution in [2.24, 2.45) is 0 Å². The zero-order valence-corrected chi connectivity index (χ0v) is 23.2. The monoisotopic (exact) mass is 565 g/mol. The van der Waals surface area contributed by atoms with Crippen molar-refractivity contribution in [1.29, 1.82) is 0 Å². The van der Waals surface area contributed by atoms with E-state index in [4.69, 9.17) is 4.74 Å². The Morgan fingerprint density at radius 2 is 1.82 bits per heavy atom. The van der Waals surface area contributed by atoms with E-state index in [9.17, 15) is 23.1 Å². The van der Waals surface area contributed by atoms with Crippen LogP contribution in [0.4, 0.5) is 36.3 Å². The highest BCUT2D eigenvalue weighted by Crippen LogP contribution is 2.36. The zero-order valence-electron chi connectivity index (χ0n) is 23.2. The number of likely N-dealkylation sites (N-methyl/N-ethyl adjacent to an activating group) is 1. The minimum Gasteiger partial charge on any atom is -0.386 e. The summed E-state index contributed by atoms with van der Waals surface area (Å²) >= 11 is 0. The first-order chi connectivity index (χ1) is 18.9. The van der Waals surface area contributed by atoms with Crippen molar-refractivity contribution in [2.75, 3.05) is 81.6 Å². The number of hydrogen-bond acceptors (Lipinski definition) is 9. The summed E-state index contributed by atoms with van der Waals surface area (Å²) in [6.45, 7) is 8.74. The number of piperazine rings is 1. The largest absolute Gasteiger partial charge is 0.421 e. The van der Waals surface area contributed by atoms with E-state index < -0.39 is 17.3 Å². The normalized spacial score (nSPS) is 17.6. The average molecular weight is 566 g/mol. The minimum atomic E-state index is -4.65. The maximum atomic E-state index is 13.7. The molecule has 1 amide bonds. The van der Waals surface area contributed by atoms with E-state index in [1.165, 1.54) is 0 Å². The molecule has 0 radical (unpaired) electrons. The van der Waals surface area contributed by atoms with Crippen LogP contribution in [0.1, 0.15) is 37.8 Å². The predicted molar refractivity (Wildman–Crippen MR) is 147 cm³/mol. The van der Waals surface area contributed by atoms with E-state index in [0.29, 0.717) is 50.4 Å². The van der Waals surface area contributed by atoms with Crippen LogP contribution < -0.4 is 15.5 Å². The second-order valence-electron chi connectivity index (χ2n) is 10.7. The molecule has 220 valence electrons. The smallest absolute Gasteiger partial charge is 0.386 e. The third-order valence-electron chi connectivity index (χ3n) is 7.09. The van der Waals surface area contributed by atoms with Crippen molar-refractivity contribution >= 4 is 29.0 Å². The van der Waals surface area contributed by atoms with Gasteiger partial charge in [0.1, 0.15) is 11.4 Å². The van der Waals surface area contributed by atoms with Crippen LogP contribution in [-0.2, 0) is 21.3 Å². The number of alkyl halides is 3. The molecule has 10 nitrogen and oxygen atoms in total. The number of amides is 1. The number of carbonyl (C=O) groups is 1. The summed E-state index contributed by atoms with van der Waals surface area (Å²) in [5, 5.41) is 16.7. The molecular formula is C27H38F3N7O3. The molecule has 2 aliphatic heterocycles. The molecule has 2 saturated heterocycles. The highest BCUT2D eigenvalue weighted by Gasteiger charge is 2.35. The lowest BCUT2D eigenvalue weighted by Gasteiger charge is -2.35. The molecule has 0 spiro atoms. The summed E-state index contributed by atoms with van der Waals surface area (Å²) in [5.74, 6) is -0.411. The summed E-state index contributed by atoms with van der Waals surface area (Å²) < 4.78 is 46.5. The van der Waals surface area contributed by atoms with Gasteiger partial charge in [0.25, 0.3) is 0 Å². The van der Waals surface area contributed by atoms with Gasteiger partial charge in [-0.05, 0) is 45.5 Å². The van der Waals surface area contributed by atoms with Crippen molar-refractivity contribution in [3.8, 4) is 0 Å². The van der Waals surface area contributed by atoms with Crippen LogP contribution in [0.15, 0.2) is 24.4 Å². The van der Waals surface area contributed by atoms with Gasteiger partial charge in [0, 0.05) is 68.9 Å². The number of nitrogens with one attached hydrogen (secondary N) is 2. The lowest BCUT2D eigenvalue weighted by atomic mass is 9.95. The number of nitrogens with zero attached hydrogens (tertiary/aromatic N) is 5. The Morgan fingerprint density at radius 3 is 2.52 bits per heavy atom. The summed E-state index contributed by atoms with van der Waals surface area (Å²) in [6.07, 6.45) is -3.17. The van der Waals surface area contributed by atoms with E-state index in [2.05, 4.69) is 37.4 Å². The lowest BCUT2D eigenvalue weighted by molar-refractivity contribution is -0.137. The van der Waals surface area contributed by atoms with Gasteiger partial charge in [-0.15, -0.1) is 0 Å². The van der Waals surface area contributed by atoms with Gasteiger partial charge in [-0.2, -0.15) is 18.2 Å². The third kappa shape index (κ3) is 7.73. The Labute approximate surface area is 232 Å². The number of ether oxygens (including phenoxy) is 1. The number of carbonyl (C=O) groups excluding carboxylic acids is 1. The van der Waals surface area contributed by atoms with Gasteiger partial charge < -0.3 is 35.2 Å². The number of benzene rings is 1. The van der Waals surface area contributed by atoms with Crippen LogP contribution in [0.5, 0.6) is 0 Å². The fourth-order valence-electron chi connectivity index (χ4n) is 4.75. The molecule has 0 unspecified atom stereocenters. The van der Waals surface area contributed by atoms with E-state index in [1.54, 1.807) is 24.8 Å². The quantitative estimate of drug-likeness (QED) is 0.395. The molecule has 3 heterocycles. The molecule has 2 fully saturated rings. The lowest BCUT2D eigenvalue weighted by Crippen LogP contribution is -2.44. The van der Waals surface area contributed by atoms with Crippen LogP contribution in [0.2, 0.25) is 0 Å².